The van der Waals surface area contributed by atoms with Crippen molar-refractivity contribution >= 4 is 5.91 Å². The van der Waals surface area contributed by atoms with E-state index in [0.29, 0.717) is 18.4 Å². The first-order chi connectivity index (χ1) is 10.1. The number of hydrogen-bond donors (Lipinski definition) is 0. The van der Waals surface area contributed by atoms with Crippen LogP contribution in [-0.2, 0) is 11.3 Å². The number of likely N-dealkylation sites (tertiary alicyclic amines) is 2. The quantitative estimate of drug-likeness (QED) is 0.835. The molecule has 2 fully saturated rings. The van der Waals surface area contributed by atoms with Crippen LogP contribution >= 0.6 is 0 Å². The van der Waals surface area contributed by atoms with Crippen LogP contribution in [0.25, 0.3) is 0 Å². The fraction of sp³-hybridized carbons (Fsp3) is 0.588. The first kappa shape index (κ1) is 14.5. The summed E-state index contributed by atoms with van der Waals surface area (Å²) in [6, 6.07) is 7.05. The van der Waals surface area contributed by atoms with Crippen molar-refractivity contribution in [2.45, 2.75) is 26.3 Å². The Balaban J connectivity index is 1.60. The minimum absolute atomic E-state index is 0.104. The zero-order valence-corrected chi connectivity index (χ0v) is 12.6. The van der Waals surface area contributed by atoms with Gasteiger partial charge in [-0.3, -0.25) is 9.69 Å². The fourth-order valence-corrected chi connectivity index (χ4v) is 3.76. The van der Waals surface area contributed by atoms with Crippen LogP contribution in [-0.4, -0.2) is 41.9 Å². The summed E-state index contributed by atoms with van der Waals surface area (Å²) < 4.78 is 13.7. The number of nitrogens with zero attached hydrogens (tertiary/aromatic N) is 2. The number of benzene rings is 1. The molecule has 114 valence electrons. The van der Waals surface area contributed by atoms with Gasteiger partial charge in [0.05, 0.1) is 0 Å². The molecule has 0 bridgehead atoms. The van der Waals surface area contributed by atoms with Gasteiger partial charge in [-0.1, -0.05) is 18.2 Å². The van der Waals surface area contributed by atoms with Gasteiger partial charge in [-0.2, -0.15) is 0 Å². The molecular weight excluding hydrogens is 267 g/mol. The lowest BCUT2D eigenvalue weighted by Gasteiger charge is -2.21. The molecule has 3 nitrogen and oxygen atoms in total. The maximum Gasteiger partial charge on any atom is 0.219 e. The van der Waals surface area contributed by atoms with Crippen LogP contribution in [0.1, 0.15) is 25.3 Å². The standard InChI is InChI=1S/C17H23FN2O/c1-13(21)20-8-6-14-10-19(11-15(14)7-9-20)12-16-4-2-3-5-17(16)18/h2-5,14-15H,6-12H2,1H3/t14-,15+. The zero-order chi connectivity index (χ0) is 14.8. The van der Waals surface area contributed by atoms with Crippen LogP contribution in [0.2, 0.25) is 0 Å². The molecule has 0 spiro atoms. The Labute approximate surface area is 125 Å². The molecule has 1 amide bonds. The summed E-state index contributed by atoms with van der Waals surface area (Å²) >= 11 is 0. The van der Waals surface area contributed by atoms with Gasteiger partial charge in [0.1, 0.15) is 5.82 Å². The SMILES string of the molecule is CC(=O)N1CC[C@@H]2CN(Cc3ccccc3F)C[C@@H]2CC1. The van der Waals surface area contributed by atoms with Crippen molar-refractivity contribution in [3.8, 4) is 0 Å². The molecule has 2 atom stereocenters. The maximum atomic E-state index is 13.7. The molecule has 0 radical (unpaired) electrons. The number of carbonyl (C=O) groups excluding carboxylic acids is 1. The van der Waals surface area contributed by atoms with E-state index < -0.39 is 0 Å². The van der Waals surface area contributed by atoms with Crippen molar-refractivity contribution in [2.75, 3.05) is 26.2 Å². The molecule has 0 aliphatic carbocycles. The lowest BCUT2D eigenvalue weighted by atomic mass is 9.92. The molecule has 2 saturated heterocycles. The second-order valence-corrected chi connectivity index (χ2v) is 6.39. The van der Waals surface area contributed by atoms with Crippen molar-refractivity contribution in [1.82, 2.24) is 9.80 Å². The van der Waals surface area contributed by atoms with Gasteiger partial charge in [-0.25, -0.2) is 4.39 Å². The fourth-order valence-electron chi connectivity index (χ4n) is 3.76. The number of hydrogen-bond acceptors (Lipinski definition) is 2. The molecule has 3 rings (SSSR count). The van der Waals surface area contributed by atoms with Gasteiger partial charge in [-0.05, 0) is 30.7 Å². The van der Waals surface area contributed by atoms with Gasteiger partial charge >= 0.3 is 0 Å². The Kier molecular flexibility index (Phi) is 4.24. The van der Waals surface area contributed by atoms with Crippen molar-refractivity contribution < 1.29 is 9.18 Å². The van der Waals surface area contributed by atoms with Crippen LogP contribution in [0.15, 0.2) is 24.3 Å². The topological polar surface area (TPSA) is 23.6 Å². The minimum Gasteiger partial charge on any atom is -0.343 e. The predicted molar refractivity (Wildman–Crippen MR) is 80.1 cm³/mol. The first-order valence-electron chi connectivity index (χ1n) is 7.85. The van der Waals surface area contributed by atoms with E-state index in [9.17, 15) is 9.18 Å². The molecule has 1 aromatic rings. The van der Waals surface area contributed by atoms with Crippen LogP contribution < -0.4 is 0 Å². The molecule has 2 aliphatic rings. The Morgan fingerprint density at radius 3 is 2.38 bits per heavy atom. The summed E-state index contributed by atoms with van der Waals surface area (Å²) in [5.41, 5.74) is 0.791. The smallest absolute Gasteiger partial charge is 0.219 e. The van der Waals surface area contributed by atoms with Gasteiger partial charge in [0.2, 0.25) is 5.91 Å². The number of fused-ring (bicyclic) bond motifs is 1. The third-order valence-corrected chi connectivity index (χ3v) is 4.99. The van der Waals surface area contributed by atoms with E-state index >= 15 is 0 Å². The average Bonchev–Trinajstić information content (AvgIpc) is 2.72. The van der Waals surface area contributed by atoms with E-state index in [1.54, 1.807) is 13.0 Å². The summed E-state index contributed by atoms with van der Waals surface area (Å²) in [4.78, 5) is 15.8. The third-order valence-electron chi connectivity index (χ3n) is 4.99. The van der Waals surface area contributed by atoms with Crippen molar-refractivity contribution in [2.24, 2.45) is 11.8 Å². The molecular formula is C17H23FN2O. The van der Waals surface area contributed by atoms with Crippen molar-refractivity contribution in [1.29, 1.82) is 0 Å². The van der Waals surface area contributed by atoms with Gasteiger partial charge in [0.25, 0.3) is 0 Å². The van der Waals surface area contributed by atoms with E-state index in [4.69, 9.17) is 0 Å². The van der Waals surface area contributed by atoms with E-state index in [1.165, 1.54) is 6.07 Å². The molecule has 0 aromatic heterocycles. The van der Waals surface area contributed by atoms with Gasteiger partial charge in [0.15, 0.2) is 0 Å². The van der Waals surface area contributed by atoms with Gasteiger partial charge in [-0.15, -0.1) is 0 Å². The summed E-state index contributed by atoms with van der Waals surface area (Å²) in [5.74, 6) is 1.40. The molecule has 0 saturated carbocycles. The monoisotopic (exact) mass is 290 g/mol. The van der Waals surface area contributed by atoms with Crippen LogP contribution in [0, 0.1) is 17.7 Å². The van der Waals surface area contributed by atoms with Crippen molar-refractivity contribution in [3.05, 3.63) is 35.6 Å². The Bertz CT molecular complexity index is 503. The molecule has 0 unspecified atom stereocenters. The number of halogens is 1. The van der Waals surface area contributed by atoms with Gasteiger partial charge in [0, 0.05) is 45.2 Å². The average molecular weight is 290 g/mol. The highest BCUT2D eigenvalue weighted by Crippen LogP contribution is 2.32. The number of amides is 1. The highest BCUT2D eigenvalue weighted by Gasteiger charge is 2.35. The van der Waals surface area contributed by atoms with E-state index in [-0.39, 0.29) is 11.7 Å². The van der Waals surface area contributed by atoms with E-state index in [2.05, 4.69) is 4.90 Å². The number of carbonyl (C=O) groups is 1. The molecule has 4 heteroatoms. The zero-order valence-electron chi connectivity index (χ0n) is 12.6. The van der Waals surface area contributed by atoms with E-state index in [0.717, 1.165) is 44.6 Å². The second-order valence-electron chi connectivity index (χ2n) is 6.39. The lowest BCUT2D eigenvalue weighted by molar-refractivity contribution is -0.128. The molecule has 1 aromatic carbocycles. The van der Waals surface area contributed by atoms with Crippen LogP contribution in [0.4, 0.5) is 4.39 Å². The Morgan fingerprint density at radius 1 is 1.19 bits per heavy atom. The summed E-state index contributed by atoms with van der Waals surface area (Å²) in [6.07, 6.45) is 2.16. The summed E-state index contributed by atoms with van der Waals surface area (Å²) in [7, 11) is 0. The molecule has 21 heavy (non-hydrogen) atoms. The maximum absolute atomic E-state index is 13.7. The normalized spacial score (nSPS) is 26.5. The number of rotatable bonds is 2. The summed E-state index contributed by atoms with van der Waals surface area (Å²) in [5, 5.41) is 0. The molecule has 0 N–H and O–H groups in total. The third kappa shape index (κ3) is 3.26. The lowest BCUT2D eigenvalue weighted by Crippen LogP contribution is -2.31. The van der Waals surface area contributed by atoms with E-state index in [1.807, 2.05) is 17.0 Å². The van der Waals surface area contributed by atoms with Gasteiger partial charge < -0.3 is 4.90 Å². The second kappa shape index (κ2) is 6.14. The first-order valence-corrected chi connectivity index (χ1v) is 7.85. The highest BCUT2D eigenvalue weighted by atomic mass is 19.1. The van der Waals surface area contributed by atoms with Crippen LogP contribution in [0.3, 0.4) is 0 Å². The largest absolute Gasteiger partial charge is 0.343 e. The molecule has 2 heterocycles. The minimum atomic E-state index is -0.104. The highest BCUT2D eigenvalue weighted by molar-refractivity contribution is 5.73. The van der Waals surface area contributed by atoms with Crippen molar-refractivity contribution in [3.63, 3.8) is 0 Å². The predicted octanol–water partition coefficient (Wildman–Crippen LogP) is 2.52. The summed E-state index contributed by atoms with van der Waals surface area (Å²) in [6.45, 7) is 6.19. The van der Waals surface area contributed by atoms with Crippen LogP contribution in [0.5, 0.6) is 0 Å². The molecule has 2 aliphatic heterocycles. The Morgan fingerprint density at radius 2 is 1.81 bits per heavy atom. The Hall–Kier alpha value is -1.42.